The molecule has 0 spiro atoms. The largest absolute Gasteiger partial charge is 0.255 e. The molecular weight excluding hydrogens is 687 g/mol. The molecule has 0 saturated heterocycles. The number of nitrogens with zero attached hydrogens (tertiary/aromatic N) is 2. The van der Waals surface area contributed by atoms with Crippen molar-refractivity contribution >= 4 is 23.3 Å². The van der Waals surface area contributed by atoms with Crippen molar-refractivity contribution < 1.29 is 16.5 Å². The van der Waals surface area contributed by atoms with E-state index in [1.807, 2.05) is 0 Å². The molecule has 0 aromatic heterocycles. The molecule has 0 atom stereocenters. The number of benzene rings is 2. The molecule has 0 saturated carbocycles. The Labute approximate surface area is 339 Å². The normalized spacial score (nSPS) is 12.1. The maximum absolute atomic E-state index is 5.28. The van der Waals surface area contributed by atoms with Crippen LogP contribution in [0, 0.1) is 0 Å². The number of hydrogen-bond acceptors (Lipinski definition) is 2. The molecule has 300 valence electrons. The summed E-state index contributed by atoms with van der Waals surface area (Å²) >= 11 is 0. The molecule has 0 aliphatic heterocycles. The van der Waals surface area contributed by atoms with Crippen molar-refractivity contribution in [2.45, 2.75) is 207 Å². The Kier molecular flexibility index (Phi) is 33.8. The van der Waals surface area contributed by atoms with Crippen molar-refractivity contribution in [3.05, 3.63) is 84.0 Å². The van der Waals surface area contributed by atoms with Gasteiger partial charge in [0.2, 0.25) is 0 Å². The molecule has 0 fully saturated rings. The van der Waals surface area contributed by atoms with Gasteiger partial charge in [-0.15, -0.1) is 0 Å². The number of aliphatic imine (C=N–C) groups is 2. The van der Waals surface area contributed by atoms with E-state index in [9.17, 15) is 0 Å². The van der Waals surface area contributed by atoms with Crippen molar-refractivity contribution in [3.8, 4) is 0 Å². The Morgan fingerprint density at radius 1 is 0.434 bits per heavy atom. The standard InChI is InChI=1S/C50H80N2.Ni/c1-4-7-10-13-16-18-20-22-24-26-28-31-38-46-40-34-36-43-49(46)51-45-48(42-33-30-15-12-9-6-3)52-50-44-37-35-41-47(50)39-32-29-27-25-23-21-19-17-14-11-8-5-2;/h26-29,34-37,40-41,43-45H,4-25,30-33,38-39,42H2,1-3H3;. The molecule has 0 heterocycles. The Bertz CT molecular complexity index is 1230. The molecule has 0 aliphatic rings. The van der Waals surface area contributed by atoms with Gasteiger partial charge in [0.05, 0.1) is 17.1 Å². The minimum atomic E-state index is 0. The van der Waals surface area contributed by atoms with Gasteiger partial charge >= 0.3 is 0 Å². The van der Waals surface area contributed by atoms with E-state index in [4.69, 9.17) is 9.98 Å². The fourth-order valence-corrected chi connectivity index (χ4v) is 6.96. The molecule has 0 radical (unpaired) electrons. The van der Waals surface area contributed by atoms with Crippen LogP contribution in [-0.4, -0.2) is 11.9 Å². The Morgan fingerprint density at radius 3 is 1.30 bits per heavy atom. The van der Waals surface area contributed by atoms with Crippen molar-refractivity contribution in [2.24, 2.45) is 9.98 Å². The van der Waals surface area contributed by atoms with Gasteiger partial charge in [0.25, 0.3) is 0 Å². The van der Waals surface area contributed by atoms with Crippen molar-refractivity contribution in [3.63, 3.8) is 0 Å². The van der Waals surface area contributed by atoms with E-state index < -0.39 is 0 Å². The van der Waals surface area contributed by atoms with E-state index >= 15 is 0 Å². The van der Waals surface area contributed by atoms with Gasteiger partial charge < -0.3 is 0 Å². The van der Waals surface area contributed by atoms with Gasteiger partial charge in [0, 0.05) is 22.7 Å². The summed E-state index contributed by atoms with van der Waals surface area (Å²) in [5, 5.41) is 0. The van der Waals surface area contributed by atoms with Crippen LogP contribution in [0.25, 0.3) is 0 Å². The first-order valence-electron chi connectivity index (χ1n) is 22.4. The first-order valence-corrected chi connectivity index (χ1v) is 22.4. The van der Waals surface area contributed by atoms with E-state index in [1.54, 1.807) is 0 Å². The van der Waals surface area contributed by atoms with Crippen LogP contribution < -0.4 is 0 Å². The third-order valence-electron chi connectivity index (χ3n) is 10.3. The molecule has 2 aromatic rings. The molecule has 0 amide bonds. The second kappa shape index (κ2) is 36.7. The first kappa shape index (κ1) is 48.8. The van der Waals surface area contributed by atoms with E-state index in [1.165, 1.54) is 165 Å². The average molecular weight is 768 g/mol. The predicted octanol–water partition coefficient (Wildman–Crippen LogP) is 16.9. The zero-order valence-electron chi connectivity index (χ0n) is 34.7. The monoisotopic (exact) mass is 767 g/mol. The average Bonchev–Trinajstić information content (AvgIpc) is 3.17. The van der Waals surface area contributed by atoms with Crippen molar-refractivity contribution in [2.75, 3.05) is 0 Å². The number of unbranched alkanes of at least 4 members (excludes halogenated alkanes) is 21. The third-order valence-corrected chi connectivity index (χ3v) is 10.3. The summed E-state index contributed by atoms with van der Waals surface area (Å²) in [7, 11) is 0. The molecule has 53 heavy (non-hydrogen) atoms. The summed E-state index contributed by atoms with van der Waals surface area (Å²) in [6.07, 6.45) is 49.2. The molecule has 3 heteroatoms. The fraction of sp³-hybridized carbons (Fsp3) is 0.640. The van der Waals surface area contributed by atoms with Crippen LogP contribution in [0.2, 0.25) is 0 Å². The summed E-state index contributed by atoms with van der Waals surface area (Å²) in [6.45, 7) is 6.88. The van der Waals surface area contributed by atoms with Crippen LogP contribution in [0.5, 0.6) is 0 Å². The van der Waals surface area contributed by atoms with Crippen molar-refractivity contribution in [1.29, 1.82) is 0 Å². The zero-order valence-corrected chi connectivity index (χ0v) is 35.7. The minimum Gasteiger partial charge on any atom is -0.255 e. The first-order chi connectivity index (χ1) is 25.8. The summed E-state index contributed by atoms with van der Waals surface area (Å²) in [5.41, 5.74) is 5.97. The molecule has 0 N–H and O–H groups in total. The fourth-order valence-electron chi connectivity index (χ4n) is 6.96. The second-order valence-corrected chi connectivity index (χ2v) is 15.2. The maximum Gasteiger partial charge on any atom is 0.0665 e. The van der Waals surface area contributed by atoms with Crippen LogP contribution in [0.4, 0.5) is 11.4 Å². The van der Waals surface area contributed by atoms with E-state index in [-0.39, 0.29) is 16.5 Å². The maximum atomic E-state index is 5.28. The van der Waals surface area contributed by atoms with Crippen molar-refractivity contribution in [1.82, 2.24) is 0 Å². The quantitative estimate of drug-likeness (QED) is 0.0293. The van der Waals surface area contributed by atoms with Gasteiger partial charge in [-0.25, -0.2) is 0 Å². The molecule has 2 nitrogen and oxygen atoms in total. The molecule has 2 rings (SSSR count). The molecule has 2 aromatic carbocycles. The van der Waals surface area contributed by atoms with Crippen LogP contribution >= 0.6 is 0 Å². The number of para-hydroxylation sites is 2. The molecule has 0 unspecified atom stereocenters. The van der Waals surface area contributed by atoms with Gasteiger partial charge in [-0.1, -0.05) is 203 Å². The van der Waals surface area contributed by atoms with Crippen LogP contribution in [0.1, 0.15) is 205 Å². The molecular formula is C50H80N2Ni. The Morgan fingerprint density at radius 2 is 0.811 bits per heavy atom. The van der Waals surface area contributed by atoms with Gasteiger partial charge in [0.1, 0.15) is 0 Å². The van der Waals surface area contributed by atoms with Gasteiger partial charge in [0.15, 0.2) is 0 Å². The van der Waals surface area contributed by atoms with E-state index in [2.05, 4.69) is 99.8 Å². The zero-order chi connectivity index (χ0) is 37.0. The van der Waals surface area contributed by atoms with Gasteiger partial charge in [-0.2, -0.15) is 0 Å². The molecule has 0 bridgehead atoms. The predicted molar refractivity (Wildman–Crippen MR) is 235 cm³/mol. The van der Waals surface area contributed by atoms with Gasteiger partial charge in [-0.05, 0) is 87.5 Å². The SMILES string of the molecule is CCCCCCCCCCC=CCCc1ccccc1N=CC(CCCCCCCC)=Nc1ccccc1CCC=CCCCCCCCCCC.[Ni]. The summed E-state index contributed by atoms with van der Waals surface area (Å²) in [6, 6.07) is 17.5. The van der Waals surface area contributed by atoms with Crippen LogP contribution in [0.15, 0.2) is 82.8 Å². The topological polar surface area (TPSA) is 24.7 Å². The summed E-state index contributed by atoms with van der Waals surface area (Å²) < 4.78 is 0. The number of allylic oxidation sites excluding steroid dienone is 4. The number of rotatable bonds is 34. The molecule has 0 aliphatic carbocycles. The third kappa shape index (κ3) is 27.1. The van der Waals surface area contributed by atoms with Crippen LogP contribution in [0.3, 0.4) is 0 Å². The van der Waals surface area contributed by atoms with E-state index in [0.29, 0.717) is 0 Å². The Balaban J connectivity index is 0.0000140. The second-order valence-electron chi connectivity index (χ2n) is 15.2. The van der Waals surface area contributed by atoms with Gasteiger partial charge in [-0.3, -0.25) is 9.98 Å². The minimum absolute atomic E-state index is 0. The Hall–Kier alpha value is -2.25. The number of hydrogen-bond donors (Lipinski definition) is 0. The van der Waals surface area contributed by atoms with Crippen LogP contribution in [-0.2, 0) is 29.3 Å². The number of aryl methyl sites for hydroxylation is 2. The summed E-state index contributed by atoms with van der Waals surface area (Å²) in [4.78, 5) is 10.4. The smallest absolute Gasteiger partial charge is 0.0665 e. The van der Waals surface area contributed by atoms with E-state index in [0.717, 1.165) is 49.2 Å². The summed E-state index contributed by atoms with van der Waals surface area (Å²) in [5.74, 6) is 0.